The fourth-order valence-corrected chi connectivity index (χ4v) is 10.8. The Kier molecular flexibility index (Phi) is 5.18. The maximum atomic E-state index is 14.1. The Morgan fingerprint density at radius 2 is 1.46 bits per heavy atom. The Bertz CT molecular complexity index is 480. The van der Waals surface area contributed by atoms with Crippen LogP contribution in [0, 0.1) is 29.6 Å². The lowest BCUT2D eigenvalue weighted by Gasteiger charge is -2.51. The second-order valence-electron chi connectivity index (χ2n) is 9.80. The van der Waals surface area contributed by atoms with Gasteiger partial charge in [-0.1, -0.05) is 39.5 Å². The molecule has 0 amide bonds. The van der Waals surface area contributed by atoms with Crippen molar-refractivity contribution in [3.8, 4) is 0 Å². The van der Waals surface area contributed by atoms with Gasteiger partial charge in [0.2, 0.25) is 7.37 Å². The maximum absolute atomic E-state index is 14.1. The van der Waals surface area contributed by atoms with Crippen LogP contribution in [0.4, 0.5) is 0 Å². The van der Waals surface area contributed by atoms with E-state index in [4.69, 9.17) is 4.52 Å². The first-order valence-corrected chi connectivity index (χ1v) is 12.7. The Balaban J connectivity index is 1.54. The van der Waals surface area contributed by atoms with E-state index in [0.717, 1.165) is 29.8 Å². The molecule has 4 aliphatic rings. The van der Waals surface area contributed by atoms with Gasteiger partial charge in [-0.15, -0.1) is 0 Å². The third-order valence-electron chi connectivity index (χ3n) is 7.69. The molecule has 3 heteroatoms. The molecule has 138 valence electrons. The maximum Gasteiger partial charge on any atom is 0.206 e. The van der Waals surface area contributed by atoms with Gasteiger partial charge in [0.05, 0.1) is 6.10 Å². The van der Waals surface area contributed by atoms with Gasteiger partial charge in [0.1, 0.15) is 0 Å². The van der Waals surface area contributed by atoms with Crippen molar-refractivity contribution in [1.29, 1.82) is 0 Å². The first-order valence-electron chi connectivity index (χ1n) is 10.8. The minimum atomic E-state index is -2.46. The van der Waals surface area contributed by atoms with E-state index < -0.39 is 7.37 Å². The monoisotopic (exact) mass is 352 g/mol. The first-order chi connectivity index (χ1) is 11.5. The minimum Gasteiger partial charge on any atom is -0.325 e. The smallest absolute Gasteiger partial charge is 0.206 e. The van der Waals surface area contributed by atoms with Crippen molar-refractivity contribution in [3.05, 3.63) is 0 Å². The van der Waals surface area contributed by atoms with Gasteiger partial charge in [-0.05, 0) is 74.5 Å². The third kappa shape index (κ3) is 3.39. The highest BCUT2D eigenvalue weighted by atomic mass is 31.2. The predicted octanol–water partition coefficient (Wildman–Crippen LogP) is 6.48. The summed E-state index contributed by atoms with van der Waals surface area (Å²) in [5.74, 6) is 3.72. The van der Waals surface area contributed by atoms with E-state index in [1.54, 1.807) is 0 Å². The average molecular weight is 352 g/mol. The quantitative estimate of drug-likeness (QED) is 0.531. The van der Waals surface area contributed by atoms with Crippen molar-refractivity contribution >= 4 is 7.37 Å². The van der Waals surface area contributed by atoms with Crippen LogP contribution in [0.25, 0.3) is 0 Å². The molecule has 0 N–H and O–H groups in total. The minimum absolute atomic E-state index is 0.336. The van der Waals surface area contributed by atoms with Gasteiger partial charge in [0.15, 0.2) is 0 Å². The van der Waals surface area contributed by atoms with Crippen LogP contribution in [-0.2, 0) is 9.09 Å². The van der Waals surface area contributed by atoms with Crippen molar-refractivity contribution in [2.75, 3.05) is 6.16 Å². The van der Waals surface area contributed by atoms with Crippen LogP contribution in [0.5, 0.6) is 0 Å². The number of hydrogen-bond acceptors (Lipinski definition) is 2. The van der Waals surface area contributed by atoms with Crippen molar-refractivity contribution in [2.24, 2.45) is 29.6 Å². The number of fused-ring (bicyclic) bond motifs is 3. The zero-order valence-electron chi connectivity index (χ0n) is 15.8. The Morgan fingerprint density at radius 3 is 2.21 bits per heavy atom. The van der Waals surface area contributed by atoms with E-state index >= 15 is 0 Å². The highest BCUT2D eigenvalue weighted by Crippen LogP contribution is 2.67. The van der Waals surface area contributed by atoms with Gasteiger partial charge < -0.3 is 4.52 Å². The topological polar surface area (TPSA) is 26.3 Å². The third-order valence-corrected chi connectivity index (χ3v) is 11.0. The van der Waals surface area contributed by atoms with Crippen LogP contribution >= 0.6 is 7.37 Å². The van der Waals surface area contributed by atoms with E-state index in [1.165, 1.54) is 70.6 Å². The van der Waals surface area contributed by atoms with Crippen molar-refractivity contribution in [1.82, 2.24) is 0 Å². The van der Waals surface area contributed by atoms with E-state index in [0.29, 0.717) is 17.7 Å². The van der Waals surface area contributed by atoms with Gasteiger partial charge in [-0.25, -0.2) is 0 Å². The Hall–Kier alpha value is 0.190. The van der Waals surface area contributed by atoms with Gasteiger partial charge in [-0.2, -0.15) is 0 Å². The molecule has 0 bridgehead atoms. The van der Waals surface area contributed by atoms with Gasteiger partial charge >= 0.3 is 0 Å². The number of rotatable bonds is 2. The zero-order valence-corrected chi connectivity index (χ0v) is 16.7. The van der Waals surface area contributed by atoms with Crippen molar-refractivity contribution in [3.63, 3.8) is 0 Å². The molecule has 7 unspecified atom stereocenters. The van der Waals surface area contributed by atoms with Gasteiger partial charge in [-0.3, -0.25) is 4.57 Å². The second-order valence-corrected chi connectivity index (χ2v) is 12.5. The average Bonchev–Trinajstić information content (AvgIpc) is 2.54. The molecule has 3 aliphatic carbocycles. The van der Waals surface area contributed by atoms with Crippen molar-refractivity contribution < 1.29 is 9.09 Å². The summed E-state index contributed by atoms with van der Waals surface area (Å²) in [6.45, 7) is 4.78. The highest BCUT2D eigenvalue weighted by Gasteiger charge is 2.53. The molecule has 1 aliphatic heterocycles. The lowest BCUT2D eigenvalue weighted by molar-refractivity contribution is 0.0160. The normalized spacial score (nSPS) is 52.3. The molecule has 7 atom stereocenters. The summed E-state index contributed by atoms with van der Waals surface area (Å²) in [6.07, 6.45) is 15.5. The van der Waals surface area contributed by atoms with Gasteiger partial charge in [0.25, 0.3) is 0 Å². The van der Waals surface area contributed by atoms with E-state index in [1.807, 2.05) is 0 Å². The SMILES string of the molecule is CC1CC(C)CC(CP2(=O)OC3CCCCC3C3CCCCC32)C1. The molecule has 1 heterocycles. The van der Waals surface area contributed by atoms with Crippen LogP contribution in [0.1, 0.15) is 84.5 Å². The molecule has 0 aromatic heterocycles. The molecule has 0 spiro atoms. The largest absolute Gasteiger partial charge is 0.325 e. The fraction of sp³-hybridized carbons (Fsp3) is 1.00. The lowest BCUT2D eigenvalue weighted by Crippen LogP contribution is -2.46. The predicted molar refractivity (Wildman–Crippen MR) is 101 cm³/mol. The molecule has 4 fully saturated rings. The molecular weight excluding hydrogens is 315 g/mol. The summed E-state index contributed by atoms with van der Waals surface area (Å²) >= 11 is 0. The Labute approximate surface area is 149 Å². The van der Waals surface area contributed by atoms with Crippen LogP contribution in [0.2, 0.25) is 0 Å². The summed E-state index contributed by atoms with van der Waals surface area (Å²) in [4.78, 5) is 0. The highest BCUT2D eigenvalue weighted by molar-refractivity contribution is 7.59. The molecule has 24 heavy (non-hydrogen) atoms. The summed E-state index contributed by atoms with van der Waals surface area (Å²) < 4.78 is 20.7. The second kappa shape index (κ2) is 7.07. The molecule has 4 rings (SSSR count). The first kappa shape index (κ1) is 17.6. The van der Waals surface area contributed by atoms with Crippen LogP contribution in [0.15, 0.2) is 0 Å². The molecule has 0 aromatic carbocycles. The van der Waals surface area contributed by atoms with E-state index in [2.05, 4.69) is 13.8 Å². The summed E-state index contributed by atoms with van der Waals surface area (Å²) in [7, 11) is -2.46. The molecule has 3 saturated carbocycles. The van der Waals surface area contributed by atoms with Gasteiger partial charge in [0, 0.05) is 11.8 Å². The summed E-state index contributed by atoms with van der Waals surface area (Å²) in [5.41, 5.74) is 0.415. The van der Waals surface area contributed by atoms with E-state index in [-0.39, 0.29) is 0 Å². The van der Waals surface area contributed by atoms with Crippen LogP contribution < -0.4 is 0 Å². The van der Waals surface area contributed by atoms with Crippen LogP contribution in [0.3, 0.4) is 0 Å². The zero-order chi connectivity index (χ0) is 16.7. The van der Waals surface area contributed by atoms with E-state index in [9.17, 15) is 4.57 Å². The molecule has 0 radical (unpaired) electrons. The summed E-state index contributed by atoms with van der Waals surface area (Å²) in [6, 6.07) is 0. The molecule has 1 saturated heterocycles. The fourth-order valence-electron chi connectivity index (χ4n) is 6.98. The standard InChI is InChI=1S/C21H37O2P/c1-15-11-16(2)13-17(12-15)14-24(22)21-10-6-4-8-19(21)18-7-3-5-9-20(18)23-24/h15-21H,3-14H2,1-2H3. The summed E-state index contributed by atoms with van der Waals surface area (Å²) in [5, 5.41) is 0. The van der Waals surface area contributed by atoms with Crippen LogP contribution in [-0.4, -0.2) is 17.9 Å². The molecular formula is C21H37O2P. The Morgan fingerprint density at radius 1 is 0.833 bits per heavy atom. The lowest BCUT2D eigenvalue weighted by atomic mass is 9.71. The molecule has 0 aromatic rings. The number of hydrogen-bond donors (Lipinski definition) is 0. The molecule has 2 nitrogen and oxygen atoms in total. The van der Waals surface area contributed by atoms with Crippen molar-refractivity contribution in [2.45, 2.75) is 96.2 Å².